The standard InChI is InChI=1S/C24H30Cl2N4O3S3.ClH/c1-4-28(5-2)12-13-30(24-27-22-16(3)14-18(25)15-19(22)34-24)23(31)17-8-10-29(11-9-17)36(32,33)21-7-6-20(26)35-21;/h6-7,14-15,17H,4-5,8-13H2,1-3H3;1H. The molecule has 4 rings (SSSR count). The highest BCUT2D eigenvalue weighted by Gasteiger charge is 2.35. The maximum atomic E-state index is 13.8. The van der Waals surface area contributed by atoms with Crippen molar-refractivity contribution in [2.75, 3.05) is 44.2 Å². The largest absolute Gasteiger partial charge is 0.302 e. The molecular formula is C24H31Cl3N4O3S3. The molecule has 1 aliphatic rings. The van der Waals surface area contributed by atoms with Crippen LogP contribution >= 0.6 is 58.3 Å². The first kappa shape index (κ1) is 30.6. The number of hydrogen-bond donors (Lipinski definition) is 0. The second-order valence-electron chi connectivity index (χ2n) is 8.82. The van der Waals surface area contributed by atoms with Crippen LogP contribution < -0.4 is 4.90 Å². The molecule has 7 nitrogen and oxygen atoms in total. The van der Waals surface area contributed by atoms with Crippen LogP contribution in [0.4, 0.5) is 5.13 Å². The van der Waals surface area contributed by atoms with Gasteiger partial charge < -0.3 is 4.90 Å². The Hall–Kier alpha value is -0.980. The number of aryl methyl sites for hydroxylation is 1. The number of anilines is 1. The monoisotopic (exact) mass is 624 g/mol. The minimum Gasteiger partial charge on any atom is -0.302 e. The number of rotatable bonds is 9. The van der Waals surface area contributed by atoms with E-state index in [-0.39, 0.29) is 28.4 Å². The molecule has 0 bridgehead atoms. The summed E-state index contributed by atoms with van der Waals surface area (Å²) in [6.45, 7) is 9.84. The molecule has 1 aromatic carbocycles. The third kappa shape index (κ3) is 6.78. The average molecular weight is 626 g/mol. The van der Waals surface area contributed by atoms with Crippen molar-refractivity contribution in [1.82, 2.24) is 14.2 Å². The normalized spacial score (nSPS) is 15.3. The SMILES string of the molecule is CCN(CC)CCN(C(=O)C1CCN(S(=O)(=O)c2ccc(Cl)s2)CC1)c1nc2c(C)cc(Cl)cc2s1.Cl. The molecule has 0 N–H and O–H groups in total. The van der Waals surface area contributed by atoms with Crippen molar-refractivity contribution in [3.8, 4) is 0 Å². The number of amides is 1. The first-order valence-corrected chi connectivity index (χ1v) is 15.8. The molecule has 0 radical (unpaired) electrons. The van der Waals surface area contributed by atoms with Gasteiger partial charge in [0.05, 0.1) is 14.6 Å². The highest BCUT2D eigenvalue weighted by molar-refractivity contribution is 7.91. The highest BCUT2D eigenvalue weighted by atomic mass is 35.5. The van der Waals surface area contributed by atoms with E-state index in [1.807, 2.05) is 19.1 Å². The zero-order chi connectivity index (χ0) is 26.0. The number of thiazole rings is 1. The van der Waals surface area contributed by atoms with Crippen molar-refractivity contribution in [3.63, 3.8) is 0 Å². The Morgan fingerprint density at radius 3 is 2.38 bits per heavy atom. The number of fused-ring (bicyclic) bond motifs is 1. The molecule has 3 aromatic rings. The fourth-order valence-electron chi connectivity index (χ4n) is 4.47. The summed E-state index contributed by atoms with van der Waals surface area (Å²) >= 11 is 14.7. The Labute approximate surface area is 242 Å². The van der Waals surface area contributed by atoms with Gasteiger partial charge in [-0.25, -0.2) is 13.4 Å². The summed E-state index contributed by atoms with van der Waals surface area (Å²) in [6, 6.07) is 6.90. The van der Waals surface area contributed by atoms with Crippen LogP contribution in [0.15, 0.2) is 28.5 Å². The molecule has 0 saturated carbocycles. The van der Waals surface area contributed by atoms with Gasteiger partial charge in [-0.2, -0.15) is 4.31 Å². The van der Waals surface area contributed by atoms with E-state index in [4.69, 9.17) is 28.2 Å². The molecule has 2 aromatic heterocycles. The summed E-state index contributed by atoms with van der Waals surface area (Å²) in [6.07, 6.45) is 0.934. The fraction of sp³-hybridized carbons (Fsp3) is 0.500. The van der Waals surface area contributed by atoms with Gasteiger partial charge in [-0.3, -0.25) is 9.69 Å². The van der Waals surface area contributed by atoms with Crippen molar-refractivity contribution < 1.29 is 13.2 Å². The van der Waals surface area contributed by atoms with E-state index < -0.39 is 10.0 Å². The zero-order valence-electron chi connectivity index (χ0n) is 20.9. The van der Waals surface area contributed by atoms with Gasteiger partial charge in [0.1, 0.15) is 4.21 Å². The number of nitrogens with zero attached hydrogens (tertiary/aromatic N) is 4. The molecule has 204 valence electrons. The van der Waals surface area contributed by atoms with Gasteiger partial charge in [-0.15, -0.1) is 23.7 Å². The number of carbonyl (C=O) groups excluding carboxylic acids is 1. The average Bonchev–Trinajstić information content (AvgIpc) is 3.48. The molecular weight excluding hydrogens is 595 g/mol. The minimum atomic E-state index is -3.60. The number of benzene rings is 1. The van der Waals surface area contributed by atoms with E-state index >= 15 is 0 Å². The number of sulfonamides is 1. The number of likely N-dealkylation sites (N-methyl/N-ethyl adjacent to an activating group) is 1. The summed E-state index contributed by atoms with van der Waals surface area (Å²) in [5, 5.41) is 1.31. The van der Waals surface area contributed by atoms with E-state index in [0.717, 1.165) is 46.8 Å². The summed E-state index contributed by atoms with van der Waals surface area (Å²) in [5.74, 6) is -0.266. The van der Waals surface area contributed by atoms with Crippen LogP contribution in [-0.2, 0) is 14.8 Å². The molecule has 1 saturated heterocycles. The molecule has 0 atom stereocenters. The lowest BCUT2D eigenvalue weighted by Gasteiger charge is -2.33. The second kappa shape index (κ2) is 12.9. The summed E-state index contributed by atoms with van der Waals surface area (Å²) in [4.78, 5) is 22.7. The Morgan fingerprint density at radius 1 is 1.11 bits per heavy atom. The lowest BCUT2D eigenvalue weighted by Crippen LogP contribution is -2.46. The smallest absolute Gasteiger partial charge is 0.252 e. The van der Waals surface area contributed by atoms with Gasteiger partial charge in [0.25, 0.3) is 10.0 Å². The minimum absolute atomic E-state index is 0. The fourth-order valence-corrected chi connectivity index (χ4v) is 9.03. The van der Waals surface area contributed by atoms with Gasteiger partial charge in [-0.05, 0) is 62.7 Å². The number of halogens is 3. The van der Waals surface area contributed by atoms with E-state index in [1.165, 1.54) is 21.7 Å². The number of hydrogen-bond acceptors (Lipinski definition) is 7. The Bertz CT molecular complexity index is 1330. The molecule has 3 heterocycles. The van der Waals surface area contributed by atoms with Gasteiger partial charge >= 0.3 is 0 Å². The first-order chi connectivity index (χ1) is 17.1. The van der Waals surface area contributed by atoms with Crippen molar-refractivity contribution >= 4 is 89.6 Å². The molecule has 1 aliphatic heterocycles. The third-order valence-corrected chi connectivity index (χ3v) is 11.5. The topological polar surface area (TPSA) is 73.8 Å². The number of thiophene rings is 1. The van der Waals surface area contributed by atoms with Crippen molar-refractivity contribution in [2.24, 2.45) is 5.92 Å². The van der Waals surface area contributed by atoms with Crippen LogP contribution in [0.1, 0.15) is 32.3 Å². The maximum Gasteiger partial charge on any atom is 0.252 e. The summed E-state index contributed by atoms with van der Waals surface area (Å²) in [5.41, 5.74) is 1.83. The predicted octanol–water partition coefficient (Wildman–Crippen LogP) is 6.17. The van der Waals surface area contributed by atoms with Crippen LogP contribution in [-0.4, -0.2) is 67.8 Å². The molecule has 1 fully saturated rings. The van der Waals surface area contributed by atoms with Gasteiger partial charge in [0, 0.05) is 37.1 Å². The van der Waals surface area contributed by atoms with Gasteiger partial charge in [-0.1, -0.05) is 48.4 Å². The van der Waals surface area contributed by atoms with Crippen LogP contribution in [0.25, 0.3) is 10.2 Å². The van der Waals surface area contributed by atoms with E-state index in [1.54, 1.807) is 11.0 Å². The van der Waals surface area contributed by atoms with Crippen molar-refractivity contribution in [1.29, 1.82) is 0 Å². The lowest BCUT2D eigenvalue weighted by atomic mass is 9.96. The van der Waals surface area contributed by atoms with E-state index in [0.29, 0.717) is 47.0 Å². The van der Waals surface area contributed by atoms with Gasteiger partial charge in [0.2, 0.25) is 5.91 Å². The number of aromatic nitrogens is 1. The molecule has 1 amide bonds. The van der Waals surface area contributed by atoms with Gasteiger partial charge in [0.15, 0.2) is 5.13 Å². The second-order valence-corrected chi connectivity index (χ2v) is 14.1. The molecule has 0 aliphatic carbocycles. The first-order valence-electron chi connectivity index (χ1n) is 12.0. The van der Waals surface area contributed by atoms with Crippen LogP contribution in [0.2, 0.25) is 9.36 Å². The van der Waals surface area contributed by atoms with E-state index in [9.17, 15) is 13.2 Å². The zero-order valence-corrected chi connectivity index (χ0v) is 25.7. The highest BCUT2D eigenvalue weighted by Crippen LogP contribution is 2.35. The van der Waals surface area contributed by atoms with Crippen LogP contribution in [0.5, 0.6) is 0 Å². The number of piperidine rings is 1. The maximum absolute atomic E-state index is 13.8. The van der Waals surface area contributed by atoms with E-state index in [2.05, 4.69) is 18.7 Å². The summed E-state index contributed by atoms with van der Waals surface area (Å²) < 4.78 is 29.1. The predicted molar refractivity (Wildman–Crippen MR) is 158 cm³/mol. The van der Waals surface area contributed by atoms with Crippen molar-refractivity contribution in [2.45, 2.75) is 37.8 Å². The van der Waals surface area contributed by atoms with Crippen molar-refractivity contribution in [3.05, 3.63) is 39.2 Å². The Balaban J connectivity index is 0.00000380. The Kier molecular flexibility index (Phi) is 10.7. The number of carbonyl (C=O) groups is 1. The van der Waals surface area contributed by atoms with Crippen LogP contribution in [0.3, 0.4) is 0 Å². The van der Waals surface area contributed by atoms with Crippen LogP contribution in [0, 0.1) is 12.8 Å². The molecule has 0 spiro atoms. The molecule has 0 unspecified atom stereocenters. The quantitative estimate of drug-likeness (QED) is 0.284. The summed E-state index contributed by atoms with van der Waals surface area (Å²) in [7, 11) is -3.60. The molecule has 37 heavy (non-hydrogen) atoms. The lowest BCUT2D eigenvalue weighted by molar-refractivity contribution is -0.123. The molecule has 13 heteroatoms. The Morgan fingerprint density at radius 2 is 1.78 bits per heavy atom. The third-order valence-electron chi connectivity index (χ3n) is 6.62.